The second-order valence-corrected chi connectivity index (χ2v) is 3.34. The van der Waals surface area contributed by atoms with Crippen LogP contribution < -0.4 is 0 Å². The summed E-state index contributed by atoms with van der Waals surface area (Å²) in [6.07, 6.45) is 0.00195. The van der Waals surface area contributed by atoms with Crippen molar-refractivity contribution in [3.05, 3.63) is 0 Å². The Morgan fingerprint density at radius 3 is 2.25 bits per heavy atom. The van der Waals surface area contributed by atoms with Crippen molar-refractivity contribution in [1.29, 1.82) is 0 Å². The van der Waals surface area contributed by atoms with Crippen molar-refractivity contribution in [3.8, 4) is 0 Å². The van der Waals surface area contributed by atoms with Gasteiger partial charge in [-0.15, -0.1) is 0 Å². The van der Waals surface area contributed by atoms with E-state index in [4.69, 9.17) is 10.2 Å². The summed E-state index contributed by atoms with van der Waals surface area (Å²) in [6.45, 7) is 1.37. The van der Waals surface area contributed by atoms with Gasteiger partial charge in [-0.3, -0.25) is 0 Å². The van der Waals surface area contributed by atoms with E-state index in [1.54, 1.807) is 6.92 Å². The third-order valence-corrected chi connectivity index (χ3v) is 1.79. The van der Waals surface area contributed by atoms with Crippen LogP contribution in [0.3, 0.4) is 0 Å². The highest BCUT2D eigenvalue weighted by Crippen LogP contribution is 2.17. The van der Waals surface area contributed by atoms with Gasteiger partial charge in [-0.25, -0.2) is 0 Å². The highest BCUT2D eigenvalue weighted by molar-refractivity contribution is 4.75. The molecule has 0 aliphatic heterocycles. The first kappa shape index (κ1) is 11.8. The van der Waals surface area contributed by atoms with E-state index in [1.807, 2.05) is 0 Å². The molecule has 0 saturated heterocycles. The lowest BCUT2D eigenvalue weighted by Gasteiger charge is -2.24. The molecule has 4 nitrogen and oxygen atoms in total. The first-order valence-electron chi connectivity index (χ1n) is 4.14. The largest absolute Gasteiger partial charge is 0.396 e. The molecule has 74 valence electrons. The summed E-state index contributed by atoms with van der Waals surface area (Å²) in [5.41, 5.74) is -1.04. The molecule has 4 N–H and O–H groups in total. The van der Waals surface area contributed by atoms with Crippen LogP contribution in [0.1, 0.15) is 26.2 Å². The van der Waals surface area contributed by atoms with Gasteiger partial charge in [0.25, 0.3) is 0 Å². The fourth-order valence-corrected chi connectivity index (χ4v) is 1.10. The molecule has 0 rings (SSSR count). The van der Waals surface area contributed by atoms with Crippen molar-refractivity contribution in [2.75, 3.05) is 13.2 Å². The number of hydrogen-bond donors (Lipinski definition) is 4. The summed E-state index contributed by atoms with van der Waals surface area (Å²) in [7, 11) is 0. The van der Waals surface area contributed by atoms with Crippen LogP contribution in [0, 0.1) is 0 Å². The quantitative estimate of drug-likeness (QED) is 0.431. The van der Waals surface area contributed by atoms with Crippen molar-refractivity contribution in [2.24, 2.45) is 0 Å². The Kier molecular flexibility index (Phi) is 5.41. The smallest absolute Gasteiger partial charge is 0.0666 e. The lowest BCUT2D eigenvalue weighted by Crippen LogP contribution is -2.31. The monoisotopic (exact) mass is 178 g/mol. The molecule has 0 amide bonds. The molecule has 2 atom stereocenters. The SMILES string of the molecule is CC(O)(CCO)CC(O)CCO. The van der Waals surface area contributed by atoms with E-state index >= 15 is 0 Å². The summed E-state index contributed by atoms with van der Waals surface area (Å²) >= 11 is 0. The van der Waals surface area contributed by atoms with Crippen molar-refractivity contribution < 1.29 is 20.4 Å². The lowest BCUT2D eigenvalue weighted by molar-refractivity contribution is -0.0180. The Morgan fingerprint density at radius 2 is 1.83 bits per heavy atom. The van der Waals surface area contributed by atoms with Gasteiger partial charge in [-0.1, -0.05) is 0 Å². The van der Waals surface area contributed by atoms with Gasteiger partial charge in [0.05, 0.1) is 11.7 Å². The molecule has 0 spiro atoms. The first-order chi connectivity index (χ1) is 5.52. The van der Waals surface area contributed by atoms with Crippen LogP contribution in [-0.4, -0.2) is 45.3 Å². The first-order valence-corrected chi connectivity index (χ1v) is 4.14. The fraction of sp³-hybridized carbons (Fsp3) is 1.00. The number of hydrogen-bond acceptors (Lipinski definition) is 4. The van der Waals surface area contributed by atoms with E-state index in [0.29, 0.717) is 0 Å². The summed E-state index contributed by atoms with van der Waals surface area (Å²) in [5, 5.41) is 35.7. The number of rotatable bonds is 6. The molecular formula is C8H18O4. The molecule has 0 aromatic rings. The van der Waals surface area contributed by atoms with Crippen LogP contribution in [0.4, 0.5) is 0 Å². The molecule has 0 radical (unpaired) electrons. The van der Waals surface area contributed by atoms with Crippen molar-refractivity contribution >= 4 is 0 Å². The molecule has 4 heteroatoms. The van der Waals surface area contributed by atoms with Crippen LogP contribution in [0.25, 0.3) is 0 Å². The number of aliphatic hydroxyl groups is 4. The standard InChI is InChI=1S/C8H18O4/c1-8(12,3-5-10)6-7(11)2-4-9/h7,9-12H,2-6H2,1H3. The van der Waals surface area contributed by atoms with E-state index in [0.717, 1.165) is 0 Å². The van der Waals surface area contributed by atoms with E-state index in [9.17, 15) is 10.2 Å². The molecule has 0 saturated carbocycles. The Morgan fingerprint density at radius 1 is 1.25 bits per heavy atom. The lowest BCUT2D eigenvalue weighted by atomic mass is 9.94. The topological polar surface area (TPSA) is 80.9 Å². The van der Waals surface area contributed by atoms with Crippen LogP contribution >= 0.6 is 0 Å². The zero-order valence-electron chi connectivity index (χ0n) is 7.40. The van der Waals surface area contributed by atoms with Gasteiger partial charge in [0.15, 0.2) is 0 Å². The fourth-order valence-electron chi connectivity index (χ4n) is 1.10. The van der Waals surface area contributed by atoms with Gasteiger partial charge in [0, 0.05) is 19.6 Å². The average Bonchev–Trinajstić information content (AvgIpc) is 1.85. The van der Waals surface area contributed by atoms with Crippen LogP contribution in [-0.2, 0) is 0 Å². The van der Waals surface area contributed by atoms with Crippen molar-refractivity contribution in [2.45, 2.75) is 37.9 Å². The van der Waals surface area contributed by atoms with Crippen molar-refractivity contribution in [3.63, 3.8) is 0 Å². The summed E-state index contributed by atoms with van der Waals surface area (Å²) in [5.74, 6) is 0. The van der Waals surface area contributed by atoms with Gasteiger partial charge in [-0.05, 0) is 19.8 Å². The van der Waals surface area contributed by atoms with E-state index < -0.39 is 11.7 Å². The molecule has 0 aliphatic carbocycles. The zero-order valence-corrected chi connectivity index (χ0v) is 7.40. The Bertz CT molecular complexity index is 114. The Balaban J connectivity index is 3.70. The molecular weight excluding hydrogens is 160 g/mol. The van der Waals surface area contributed by atoms with Gasteiger partial charge in [0.2, 0.25) is 0 Å². The minimum Gasteiger partial charge on any atom is -0.396 e. The minimum absolute atomic E-state index is 0.0869. The van der Waals surface area contributed by atoms with Gasteiger partial charge < -0.3 is 20.4 Å². The molecule has 12 heavy (non-hydrogen) atoms. The highest BCUT2D eigenvalue weighted by atomic mass is 16.3. The molecule has 0 aromatic carbocycles. The van der Waals surface area contributed by atoms with E-state index in [2.05, 4.69) is 0 Å². The summed E-state index contributed by atoms with van der Waals surface area (Å²) in [6, 6.07) is 0. The zero-order chi connectivity index (χ0) is 9.61. The average molecular weight is 178 g/mol. The maximum Gasteiger partial charge on any atom is 0.0666 e. The molecule has 0 fully saturated rings. The molecule has 0 aliphatic rings. The Hall–Kier alpha value is -0.160. The van der Waals surface area contributed by atoms with Crippen LogP contribution in [0.5, 0.6) is 0 Å². The van der Waals surface area contributed by atoms with Gasteiger partial charge in [0.1, 0.15) is 0 Å². The van der Waals surface area contributed by atoms with Crippen molar-refractivity contribution in [1.82, 2.24) is 0 Å². The molecule has 0 aromatic heterocycles. The van der Waals surface area contributed by atoms with Crippen LogP contribution in [0.15, 0.2) is 0 Å². The second kappa shape index (κ2) is 5.48. The number of aliphatic hydroxyl groups excluding tert-OH is 3. The summed E-state index contributed by atoms with van der Waals surface area (Å²) < 4.78 is 0. The predicted octanol–water partition coefficient (Wildman–Crippen LogP) is -0.747. The molecule has 0 heterocycles. The second-order valence-electron chi connectivity index (χ2n) is 3.34. The van der Waals surface area contributed by atoms with E-state index in [1.165, 1.54) is 0 Å². The van der Waals surface area contributed by atoms with Gasteiger partial charge >= 0.3 is 0 Å². The third kappa shape index (κ3) is 5.49. The maximum atomic E-state index is 9.51. The minimum atomic E-state index is -1.04. The third-order valence-electron chi connectivity index (χ3n) is 1.79. The molecule has 0 bridgehead atoms. The van der Waals surface area contributed by atoms with Crippen LogP contribution in [0.2, 0.25) is 0 Å². The van der Waals surface area contributed by atoms with E-state index in [-0.39, 0.29) is 32.5 Å². The Labute approximate surface area is 72.5 Å². The molecule has 2 unspecified atom stereocenters. The predicted molar refractivity (Wildman–Crippen MR) is 44.7 cm³/mol. The van der Waals surface area contributed by atoms with Gasteiger partial charge in [-0.2, -0.15) is 0 Å². The maximum absolute atomic E-state index is 9.51. The highest BCUT2D eigenvalue weighted by Gasteiger charge is 2.23. The normalized spacial score (nSPS) is 18.8. The summed E-state index contributed by atoms with van der Waals surface area (Å²) in [4.78, 5) is 0.